The zero-order valence-electron chi connectivity index (χ0n) is 12.0. The van der Waals surface area contributed by atoms with Gasteiger partial charge >= 0.3 is 0 Å². The maximum absolute atomic E-state index is 5.45. The fraction of sp³-hybridized carbons (Fsp3) is 0.353. The smallest absolute Gasteiger partial charge is 0.231 e. The number of ether oxygens (including phenoxy) is 2. The highest BCUT2D eigenvalue weighted by molar-refractivity contribution is 5.45. The summed E-state index contributed by atoms with van der Waals surface area (Å²) in [4.78, 5) is 4.54. The fourth-order valence-electron chi connectivity index (χ4n) is 3.16. The quantitative estimate of drug-likeness (QED) is 0.939. The third-order valence-electron chi connectivity index (χ3n) is 4.31. The van der Waals surface area contributed by atoms with Crippen molar-refractivity contribution in [3.05, 3.63) is 53.3 Å². The van der Waals surface area contributed by atoms with Crippen LogP contribution in [0.3, 0.4) is 0 Å². The van der Waals surface area contributed by atoms with Gasteiger partial charge in [0.25, 0.3) is 0 Å². The summed E-state index contributed by atoms with van der Waals surface area (Å²) in [6.45, 7) is 2.50. The molecule has 2 heterocycles. The first kappa shape index (κ1) is 12.7. The van der Waals surface area contributed by atoms with Crippen molar-refractivity contribution in [3.63, 3.8) is 0 Å². The minimum atomic E-state index is 0.248. The summed E-state index contributed by atoms with van der Waals surface area (Å²) in [5, 5.41) is 3.68. The van der Waals surface area contributed by atoms with Gasteiger partial charge in [-0.05, 0) is 49.1 Å². The Balaban J connectivity index is 1.53. The van der Waals surface area contributed by atoms with Crippen molar-refractivity contribution in [1.82, 2.24) is 10.3 Å². The van der Waals surface area contributed by atoms with E-state index >= 15 is 0 Å². The molecule has 2 aliphatic rings. The Morgan fingerprint density at radius 1 is 1.24 bits per heavy atom. The first-order valence-electron chi connectivity index (χ1n) is 7.40. The molecule has 0 amide bonds. The van der Waals surface area contributed by atoms with Crippen LogP contribution in [0.25, 0.3) is 0 Å². The predicted octanol–water partition coefficient (Wildman–Crippen LogP) is 3.15. The number of benzene rings is 1. The van der Waals surface area contributed by atoms with Crippen molar-refractivity contribution < 1.29 is 9.47 Å². The number of aryl methyl sites for hydroxylation is 1. The van der Waals surface area contributed by atoms with Gasteiger partial charge in [-0.25, -0.2) is 0 Å². The molecule has 2 unspecified atom stereocenters. The van der Waals surface area contributed by atoms with Crippen LogP contribution < -0.4 is 14.8 Å². The Morgan fingerprint density at radius 2 is 2.14 bits per heavy atom. The molecule has 2 aromatic rings. The first-order valence-corrected chi connectivity index (χ1v) is 7.40. The van der Waals surface area contributed by atoms with Gasteiger partial charge in [0.15, 0.2) is 11.5 Å². The molecule has 1 N–H and O–H groups in total. The summed E-state index contributed by atoms with van der Waals surface area (Å²) in [5.41, 5.74) is 3.78. The summed E-state index contributed by atoms with van der Waals surface area (Å²) >= 11 is 0. The molecule has 1 aromatic heterocycles. The van der Waals surface area contributed by atoms with Gasteiger partial charge in [-0.2, -0.15) is 0 Å². The second kappa shape index (κ2) is 5.04. The Hall–Kier alpha value is -2.07. The zero-order chi connectivity index (χ0) is 14.2. The van der Waals surface area contributed by atoms with Gasteiger partial charge in [0.2, 0.25) is 6.79 Å². The lowest BCUT2D eigenvalue weighted by molar-refractivity contribution is 0.174. The monoisotopic (exact) mass is 282 g/mol. The molecule has 1 aliphatic heterocycles. The zero-order valence-corrected chi connectivity index (χ0v) is 12.0. The van der Waals surface area contributed by atoms with E-state index in [9.17, 15) is 0 Å². The molecule has 0 saturated carbocycles. The molecule has 2 atom stereocenters. The van der Waals surface area contributed by atoms with Gasteiger partial charge < -0.3 is 14.8 Å². The molecule has 1 aliphatic carbocycles. The number of nitrogens with one attached hydrogen (secondary N) is 1. The largest absolute Gasteiger partial charge is 0.454 e. The second-order valence-electron chi connectivity index (χ2n) is 5.64. The number of aromatic nitrogens is 1. The number of hydrogen-bond donors (Lipinski definition) is 1. The molecule has 1 aromatic carbocycles. The van der Waals surface area contributed by atoms with Crippen molar-refractivity contribution in [3.8, 4) is 11.5 Å². The van der Waals surface area contributed by atoms with Crippen molar-refractivity contribution in [1.29, 1.82) is 0 Å². The van der Waals surface area contributed by atoms with E-state index in [0.717, 1.165) is 24.3 Å². The fourth-order valence-corrected chi connectivity index (χ4v) is 3.16. The van der Waals surface area contributed by atoms with E-state index in [-0.39, 0.29) is 6.04 Å². The lowest BCUT2D eigenvalue weighted by Crippen LogP contribution is -2.23. The standard InChI is InChI=1S/C17H18N2O2/c1-11(13-5-7-15-16(9-13)21-10-20-15)19-14-6-4-12-3-2-8-18-17(12)14/h2-3,5,7-9,11,14,19H,4,6,10H2,1H3. The molecule has 0 spiro atoms. The van der Waals surface area contributed by atoms with Gasteiger partial charge in [0.05, 0.1) is 11.7 Å². The molecule has 0 radical (unpaired) electrons. The van der Waals surface area contributed by atoms with Crippen molar-refractivity contribution in [2.24, 2.45) is 0 Å². The van der Waals surface area contributed by atoms with Crippen LogP contribution in [0.2, 0.25) is 0 Å². The predicted molar refractivity (Wildman–Crippen MR) is 79.4 cm³/mol. The minimum Gasteiger partial charge on any atom is -0.454 e. The average Bonchev–Trinajstić information content (AvgIpc) is 3.13. The van der Waals surface area contributed by atoms with Crippen LogP contribution >= 0.6 is 0 Å². The number of rotatable bonds is 3. The minimum absolute atomic E-state index is 0.248. The Morgan fingerprint density at radius 3 is 3.10 bits per heavy atom. The van der Waals surface area contributed by atoms with E-state index < -0.39 is 0 Å². The first-order chi connectivity index (χ1) is 10.3. The molecule has 0 fully saturated rings. The number of hydrogen-bond acceptors (Lipinski definition) is 4. The summed E-state index contributed by atoms with van der Waals surface area (Å²) < 4.78 is 10.8. The molecule has 0 saturated heterocycles. The van der Waals surface area contributed by atoms with Crippen LogP contribution in [0, 0.1) is 0 Å². The maximum Gasteiger partial charge on any atom is 0.231 e. The second-order valence-corrected chi connectivity index (χ2v) is 5.64. The molecular weight excluding hydrogens is 264 g/mol. The van der Waals surface area contributed by atoms with Crippen LogP contribution in [0.4, 0.5) is 0 Å². The summed E-state index contributed by atoms with van der Waals surface area (Å²) in [5.74, 6) is 1.67. The Labute approximate surface area is 124 Å². The molecule has 4 nitrogen and oxygen atoms in total. The Bertz CT molecular complexity index is 672. The molecule has 4 heteroatoms. The van der Waals surface area contributed by atoms with Crippen LogP contribution in [-0.4, -0.2) is 11.8 Å². The normalized spacial score (nSPS) is 20.3. The summed E-state index contributed by atoms with van der Waals surface area (Å²) in [6.07, 6.45) is 4.10. The third kappa shape index (κ3) is 2.25. The van der Waals surface area contributed by atoms with E-state index in [1.807, 2.05) is 18.3 Å². The van der Waals surface area contributed by atoms with Gasteiger partial charge in [0.1, 0.15) is 0 Å². The van der Waals surface area contributed by atoms with Gasteiger partial charge in [0, 0.05) is 12.2 Å². The molecule has 108 valence electrons. The van der Waals surface area contributed by atoms with E-state index in [4.69, 9.17) is 9.47 Å². The maximum atomic E-state index is 5.45. The number of nitrogens with zero attached hydrogens (tertiary/aromatic N) is 1. The lowest BCUT2D eigenvalue weighted by atomic mass is 10.1. The van der Waals surface area contributed by atoms with Crippen molar-refractivity contribution >= 4 is 0 Å². The highest BCUT2D eigenvalue weighted by atomic mass is 16.7. The van der Waals surface area contributed by atoms with Gasteiger partial charge in [-0.3, -0.25) is 4.98 Å². The topological polar surface area (TPSA) is 43.4 Å². The Kier molecular flexibility index (Phi) is 3.04. The molecular formula is C17H18N2O2. The van der Waals surface area contributed by atoms with E-state index in [1.165, 1.54) is 16.8 Å². The van der Waals surface area contributed by atoms with E-state index in [2.05, 4.69) is 35.4 Å². The third-order valence-corrected chi connectivity index (χ3v) is 4.31. The highest BCUT2D eigenvalue weighted by Gasteiger charge is 2.25. The van der Waals surface area contributed by atoms with Gasteiger partial charge in [-0.1, -0.05) is 12.1 Å². The van der Waals surface area contributed by atoms with Crippen LogP contribution in [0.15, 0.2) is 36.5 Å². The number of pyridine rings is 1. The average molecular weight is 282 g/mol. The number of fused-ring (bicyclic) bond motifs is 2. The van der Waals surface area contributed by atoms with Crippen molar-refractivity contribution in [2.75, 3.05) is 6.79 Å². The lowest BCUT2D eigenvalue weighted by Gasteiger charge is -2.20. The van der Waals surface area contributed by atoms with Crippen LogP contribution in [0.1, 0.15) is 42.2 Å². The van der Waals surface area contributed by atoms with Crippen LogP contribution in [0.5, 0.6) is 11.5 Å². The molecule has 21 heavy (non-hydrogen) atoms. The summed E-state index contributed by atoms with van der Waals surface area (Å²) in [7, 11) is 0. The van der Waals surface area contributed by atoms with E-state index in [0.29, 0.717) is 12.8 Å². The molecule has 0 bridgehead atoms. The highest BCUT2D eigenvalue weighted by Crippen LogP contribution is 2.36. The SMILES string of the molecule is CC(NC1CCc2cccnc21)c1ccc2c(c1)OCO2. The van der Waals surface area contributed by atoms with Crippen molar-refractivity contribution in [2.45, 2.75) is 31.8 Å². The van der Waals surface area contributed by atoms with Crippen LogP contribution in [-0.2, 0) is 6.42 Å². The summed E-state index contributed by atoms with van der Waals surface area (Å²) in [6, 6.07) is 10.9. The molecule has 4 rings (SSSR count). The van der Waals surface area contributed by atoms with E-state index in [1.54, 1.807) is 0 Å². The van der Waals surface area contributed by atoms with Gasteiger partial charge in [-0.15, -0.1) is 0 Å².